The molecule has 0 spiro atoms. The summed E-state index contributed by atoms with van der Waals surface area (Å²) in [7, 11) is 0. The van der Waals surface area contributed by atoms with E-state index in [1.807, 2.05) is 0 Å². The standard InChI is InChI=1S/C16H18N2O3/c1-3-10-18(12-6-4-5-7-12)15(19)14-9-8-13(16(20)21)11(2)17-14/h1,8-9,12H,4-7,10H2,2H3,(H,20,21). The van der Waals surface area contributed by atoms with E-state index in [9.17, 15) is 9.59 Å². The van der Waals surface area contributed by atoms with Crippen molar-refractivity contribution in [2.45, 2.75) is 38.6 Å². The first-order valence-electron chi connectivity index (χ1n) is 7.00. The van der Waals surface area contributed by atoms with Crippen molar-refractivity contribution >= 4 is 11.9 Å². The lowest BCUT2D eigenvalue weighted by atomic mass is 10.1. The van der Waals surface area contributed by atoms with Crippen molar-refractivity contribution in [2.24, 2.45) is 0 Å². The van der Waals surface area contributed by atoms with Crippen molar-refractivity contribution < 1.29 is 14.7 Å². The second-order valence-corrected chi connectivity index (χ2v) is 5.21. The van der Waals surface area contributed by atoms with E-state index >= 15 is 0 Å². The molecule has 1 fully saturated rings. The highest BCUT2D eigenvalue weighted by Gasteiger charge is 2.27. The molecular formula is C16H18N2O3. The Morgan fingerprint density at radius 1 is 1.43 bits per heavy atom. The predicted octanol–water partition coefficient (Wildman–Crippen LogP) is 2.11. The molecule has 0 atom stereocenters. The molecule has 1 aliphatic rings. The molecule has 1 amide bonds. The number of aromatic carboxylic acids is 1. The molecule has 1 aromatic rings. The quantitative estimate of drug-likeness (QED) is 0.861. The summed E-state index contributed by atoms with van der Waals surface area (Å²) in [5.74, 6) is 1.25. The molecule has 1 aliphatic carbocycles. The highest BCUT2D eigenvalue weighted by molar-refractivity contribution is 5.94. The van der Waals surface area contributed by atoms with Gasteiger partial charge in [-0.05, 0) is 31.9 Å². The first-order valence-corrected chi connectivity index (χ1v) is 7.00. The number of aromatic nitrogens is 1. The second-order valence-electron chi connectivity index (χ2n) is 5.21. The lowest BCUT2D eigenvalue weighted by Gasteiger charge is -2.26. The van der Waals surface area contributed by atoms with Crippen molar-refractivity contribution in [1.29, 1.82) is 0 Å². The number of carboxylic acids is 1. The molecule has 5 nitrogen and oxygen atoms in total. The number of pyridine rings is 1. The smallest absolute Gasteiger partial charge is 0.337 e. The van der Waals surface area contributed by atoms with E-state index in [-0.39, 0.29) is 29.8 Å². The topological polar surface area (TPSA) is 70.5 Å². The maximum atomic E-state index is 12.6. The van der Waals surface area contributed by atoms with Gasteiger partial charge in [-0.25, -0.2) is 9.78 Å². The molecule has 0 bridgehead atoms. The van der Waals surface area contributed by atoms with Crippen LogP contribution < -0.4 is 0 Å². The van der Waals surface area contributed by atoms with Crippen LogP contribution in [0.15, 0.2) is 12.1 Å². The van der Waals surface area contributed by atoms with Gasteiger partial charge in [0.1, 0.15) is 5.69 Å². The number of amides is 1. The third-order valence-corrected chi connectivity index (χ3v) is 3.82. The van der Waals surface area contributed by atoms with E-state index in [0.29, 0.717) is 5.69 Å². The van der Waals surface area contributed by atoms with Gasteiger partial charge in [0.25, 0.3) is 5.91 Å². The lowest BCUT2D eigenvalue weighted by Crippen LogP contribution is -2.39. The van der Waals surface area contributed by atoms with Crippen LogP contribution in [0.1, 0.15) is 52.2 Å². The fourth-order valence-corrected chi connectivity index (χ4v) is 2.73. The molecule has 2 rings (SSSR count). The van der Waals surface area contributed by atoms with E-state index in [1.54, 1.807) is 11.8 Å². The van der Waals surface area contributed by atoms with Gasteiger partial charge in [-0.2, -0.15) is 0 Å². The van der Waals surface area contributed by atoms with Crippen molar-refractivity contribution in [3.63, 3.8) is 0 Å². The van der Waals surface area contributed by atoms with Gasteiger partial charge >= 0.3 is 5.97 Å². The molecule has 110 valence electrons. The zero-order valence-electron chi connectivity index (χ0n) is 12.0. The highest BCUT2D eigenvalue weighted by atomic mass is 16.4. The van der Waals surface area contributed by atoms with Gasteiger partial charge in [-0.1, -0.05) is 18.8 Å². The minimum atomic E-state index is -1.05. The zero-order chi connectivity index (χ0) is 15.4. The summed E-state index contributed by atoms with van der Waals surface area (Å²) in [6.45, 7) is 1.84. The van der Waals surface area contributed by atoms with E-state index in [1.165, 1.54) is 12.1 Å². The Labute approximate surface area is 124 Å². The van der Waals surface area contributed by atoms with Crippen LogP contribution in [0.25, 0.3) is 0 Å². The molecule has 1 saturated carbocycles. The molecule has 1 heterocycles. The van der Waals surface area contributed by atoms with Crippen molar-refractivity contribution in [1.82, 2.24) is 9.88 Å². The summed E-state index contributed by atoms with van der Waals surface area (Å²) >= 11 is 0. The van der Waals surface area contributed by atoms with Crippen LogP contribution in [-0.2, 0) is 0 Å². The van der Waals surface area contributed by atoms with Crippen molar-refractivity contribution in [2.75, 3.05) is 6.54 Å². The van der Waals surface area contributed by atoms with Gasteiger partial charge in [-0.15, -0.1) is 6.42 Å². The molecule has 0 saturated heterocycles. The number of carbonyl (C=O) groups excluding carboxylic acids is 1. The van der Waals surface area contributed by atoms with Crippen LogP contribution in [0.4, 0.5) is 0 Å². The number of aryl methyl sites for hydroxylation is 1. The number of nitrogens with zero attached hydrogens (tertiary/aromatic N) is 2. The Hall–Kier alpha value is -2.35. The molecular weight excluding hydrogens is 268 g/mol. The normalized spacial score (nSPS) is 14.7. The molecule has 0 aliphatic heterocycles. The Morgan fingerprint density at radius 3 is 2.62 bits per heavy atom. The number of rotatable bonds is 4. The van der Waals surface area contributed by atoms with E-state index in [2.05, 4.69) is 10.9 Å². The summed E-state index contributed by atoms with van der Waals surface area (Å²) in [6.07, 6.45) is 9.48. The largest absolute Gasteiger partial charge is 0.478 e. The maximum Gasteiger partial charge on any atom is 0.337 e. The minimum Gasteiger partial charge on any atom is -0.478 e. The van der Waals surface area contributed by atoms with E-state index in [0.717, 1.165) is 25.7 Å². The molecule has 1 N–H and O–H groups in total. The van der Waals surface area contributed by atoms with Crippen LogP contribution in [-0.4, -0.2) is 39.5 Å². The summed E-state index contributed by atoms with van der Waals surface area (Å²) in [4.78, 5) is 29.4. The number of hydrogen-bond acceptors (Lipinski definition) is 3. The average molecular weight is 286 g/mol. The van der Waals surface area contributed by atoms with Crippen LogP contribution in [0, 0.1) is 19.3 Å². The van der Waals surface area contributed by atoms with Crippen LogP contribution in [0.3, 0.4) is 0 Å². The number of terminal acetylenes is 1. The highest BCUT2D eigenvalue weighted by Crippen LogP contribution is 2.24. The SMILES string of the molecule is C#CCN(C(=O)c1ccc(C(=O)O)c(C)n1)C1CCCC1. The van der Waals surface area contributed by atoms with Gasteiger partial charge < -0.3 is 10.0 Å². The molecule has 0 unspecified atom stereocenters. The van der Waals surface area contributed by atoms with Crippen LogP contribution in [0.2, 0.25) is 0 Å². The van der Waals surface area contributed by atoms with Gasteiger partial charge in [0.2, 0.25) is 0 Å². The summed E-state index contributed by atoms with van der Waals surface area (Å²) in [5, 5.41) is 9.00. The fourth-order valence-electron chi connectivity index (χ4n) is 2.73. The van der Waals surface area contributed by atoms with Gasteiger partial charge in [0, 0.05) is 6.04 Å². The predicted molar refractivity (Wildman–Crippen MR) is 78.1 cm³/mol. The third kappa shape index (κ3) is 3.22. The summed E-state index contributed by atoms with van der Waals surface area (Å²) < 4.78 is 0. The van der Waals surface area contributed by atoms with E-state index < -0.39 is 5.97 Å². The molecule has 21 heavy (non-hydrogen) atoms. The lowest BCUT2D eigenvalue weighted by molar-refractivity contribution is 0.0683. The van der Waals surface area contributed by atoms with E-state index in [4.69, 9.17) is 11.5 Å². The number of hydrogen-bond donors (Lipinski definition) is 1. The monoisotopic (exact) mass is 286 g/mol. The maximum absolute atomic E-state index is 12.6. The summed E-state index contributed by atoms with van der Waals surface area (Å²) in [5.41, 5.74) is 0.691. The molecule has 1 aromatic heterocycles. The fraction of sp³-hybridized carbons (Fsp3) is 0.438. The first-order chi connectivity index (χ1) is 10.0. The molecule has 5 heteroatoms. The minimum absolute atomic E-state index is 0.107. The summed E-state index contributed by atoms with van der Waals surface area (Å²) in [6, 6.07) is 3.03. The Kier molecular flexibility index (Phi) is 4.59. The second kappa shape index (κ2) is 6.40. The number of carbonyl (C=O) groups is 2. The Balaban J connectivity index is 2.26. The van der Waals surface area contributed by atoms with Gasteiger partial charge in [0.15, 0.2) is 0 Å². The van der Waals surface area contributed by atoms with Gasteiger partial charge in [-0.3, -0.25) is 4.79 Å². The zero-order valence-corrected chi connectivity index (χ0v) is 12.0. The number of carboxylic acid groups (broad SMARTS) is 1. The third-order valence-electron chi connectivity index (χ3n) is 3.82. The van der Waals surface area contributed by atoms with Crippen molar-refractivity contribution in [3.05, 3.63) is 29.1 Å². The molecule has 0 radical (unpaired) electrons. The van der Waals surface area contributed by atoms with Crippen LogP contribution >= 0.6 is 0 Å². The average Bonchev–Trinajstić information content (AvgIpc) is 2.97. The van der Waals surface area contributed by atoms with Crippen LogP contribution in [0.5, 0.6) is 0 Å². The first kappa shape index (κ1) is 15.0. The Bertz CT molecular complexity index is 598. The Morgan fingerprint density at radius 2 is 2.10 bits per heavy atom. The van der Waals surface area contributed by atoms with Gasteiger partial charge in [0.05, 0.1) is 17.8 Å². The molecule has 0 aromatic carbocycles. The van der Waals surface area contributed by atoms with Crippen molar-refractivity contribution in [3.8, 4) is 12.3 Å².